The first-order valence-electron chi connectivity index (χ1n) is 9.52. The van der Waals surface area contributed by atoms with Crippen LogP contribution >= 0.6 is 11.6 Å². The molecule has 29 heavy (non-hydrogen) atoms. The second kappa shape index (κ2) is 8.13. The fraction of sp³-hybridized carbons (Fsp3) is 0.160. The maximum atomic E-state index is 12.6. The highest BCUT2D eigenvalue weighted by molar-refractivity contribution is 6.32. The van der Waals surface area contributed by atoms with E-state index in [9.17, 15) is 4.79 Å². The highest BCUT2D eigenvalue weighted by Gasteiger charge is 2.27. The van der Waals surface area contributed by atoms with Crippen molar-refractivity contribution < 1.29 is 4.79 Å². The third kappa shape index (κ3) is 3.91. The first kappa shape index (κ1) is 19.3. The molecule has 2 aliphatic carbocycles. The number of nitrogens with two attached hydrogens (primary N) is 1. The molecule has 0 saturated carbocycles. The van der Waals surface area contributed by atoms with Crippen LogP contribution in [0.1, 0.15) is 22.3 Å². The summed E-state index contributed by atoms with van der Waals surface area (Å²) in [5.41, 5.74) is 12.8. The molecule has 1 atom stereocenters. The van der Waals surface area contributed by atoms with Gasteiger partial charge >= 0.3 is 0 Å². The average molecular weight is 401 g/mol. The van der Waals surface area contributed by atoms with Gasteiger partial charge in [0.25, 0.3) is 0 Å². The number of halogens is 1. The minimum Gasteiger partial charge on any atom is -0.333 e. The van der Waals surface area contributed by atoms with Gasteiger partial charge in [0.15, 0.2) is 0 Å². The Hall–Kier alpha value is -3.06. The van der Waals surface area contributed by atoms with Gasteiger partial charge in [-0.15, -0.1) is 6.42 Å². The van der Waals surface area contributed by atoms with Crippen LogP contribution in [-0.2, 0) is 24.3 Å². The molecule has 0 bridgehead atoms. The summed E-state index contributed by atoms with van der Waals surface area (Å²) >= 11 is 6.27. The molecule has 2 aromatic rings. The molecule has 5 rings (SSSR count). The Balaban J connectivity index is 0.000000286. The Kier molecular flexibility index (Phi) is 5.40. The second-order valence-corrected chi connectivity index (χ2v) is 7.65. The van der Waals surface area contributed by atoms with Crippen molar-refractivity contribution in [3.63, 3.8) is 0 Å². The number of hydrogen-bond donors (Lipinski definition) is 1. The second-order valence-electron chi connectivity index (χ2n) is 7.27. The van der Waals surface area contributed by atoms with E-state index in [1.165, 1.54) is 22.3 Å². The molecule has 3 nitrogen and oxygen atoms in total. The highest BCUT2D eigenvalue weighted by Crippen LogP contribution is 2.29. The molecule has 0 spiro atoms. The summed E-state index contributed by atoms with van der Waals surface area (Å²) in [5.74, 6) is 2.47. The minimum absolute atomic E-state index is 0.0663. The van der Waals surface area contributed by atoms with Crippen molar-refractivity contribution in [3.8, 4) is 23.5 Å². The van der Waals surface area contributed by atoms with Crippen molar-refractivity contribution in [2.75, 3.05) is 0 Å². The van der Waals surface area contributed by atoms with E-state index in [0.717, 1.165) is 5.56 Å². The van der Waals surface area contributed by atoms with Crippen molar-refractivity contribution in [1.82, 2.24) is 4.90 Å². The number of benzene rings is 3. The number of hydrogen-bond acceptors (Lipinski definition) is 2. The molecular formula is C25H21ClN2O. The topological polar surface area (TPSA) is 46.3 Å². The summed E-state index contributed by atoms with van der Waals surface area (Å²) in [5, 5.41) is 0.503. The zero-order chi connectivity index (χ0) is 20.4. The molecule has 0 saturated heterocycles. The lowest BCUT2D eigenvalue weighted by molar-refractivity contribution is -0.133. The predicted molar refractivity (Wildman–Crippen MR) is 117 cm³/mol. The van der Waals surface area contributed by atoms with Gasteiger partial charge < -0.3 is 10.6 Å². The minimum atomic E-state index is -0.630. The van der Waals surface area contributed by atoms with Crippen LogP contribution in [0.15, 0.2) is 66.7 Å². The number of carbonyl (C=O) groups excluding carboxylic acids is 1. The standard InChI is InChI=1S/C19H17ClN2O.C6H4/c1-2-13-8-5-9-14(18(13)20)10-17(21)19(23)22-11-15-6-3-4-7-16(15)12-22;1-2-6-4-3-5(1)6/h1,3-9,17H,10-12,21H2;1-4H. The Morgan fingerprint density at radius 1 is 1.00 bits per heavy atom. The lowest BCUT2D eigenvalue weighted by Crippen LogP contribution is -2.42. The Labute approximate surface area is 176 Å². The molecule has 0 aromatic heterocycles. The fourth-order valence-electron chi connectivity index (χ4n) is 3.56. The number of terminal acetylenes is 1. The molecular weight excluding hydrogens is 380 g/mol. The van der Waals surface area contributed by atoms with Crippen LogP contribution in [0.4, 0.5) is 0 Å². The molecule has 0 radical (unpaired) electrons. The van der Waals surface area contributed by atoms with Gasteiger partial charge in [-0.1, -0.05) is 78.2 Å². The Morgan fingerprint density at radius 2 is 1.59 bits per heavy atom. The molecule has 0 fully saturated rings. The van der Waals surface area contributed by atoms with Crippen LogP contribution < -0.4 is 5.73 Å². The van der Waals surface area contributed by atoms with Gasteiger partial charge in [-0.2, -0.15) is 0 Å². The summed E-state index contributed by atoms with van der Waals surface area (Å²) in [6.07, 6.45) is 5.79. The molecule has 1 unspecified atom stereocenters. The van der Waals surface area contributed by atoms with Crippen molar-refractivity contribution in [2.45, 2.75) is 25.6 Å². The van der Waals surface area contributed by atoms with Gasteiger partial charge in [-0.3, -0.25) is 4.79 Å². The number of nitrogens with zero attached hydrogens (tertiary/aromatic N) is 1. The van der Waals surface area contributed by atoms with Crippen molar-refractivity contribution in [1.29, 1.82) is 0 Å². The summed E-state index contributed by atoms with van der Waals surface area (Å²) in [7, 11) is 0. The summed E-state index contributed by atoms with van der Waals surface area (Å²) < 4.78 is 0. The molecule has 3 aliphatic rings. The third-order valence-corrected chi connectivity index (χ3v) is 5.81. The van der Waals surface area contributed by atoms with E-state index in [2.05, 4.69) is 30.2 Å². The van der Waals surface area contributed by atoms with Crippen LogP contribution in [0.25, 0.3) is 11.1 Å². The molecule has 2 N–H and O–H groups in total. The number of fused-ring (bicyclic) bond motifs is 2. The lowest BCUT2D eigenvalue weighted by Gasteiger charge is -2.21. The van der Waals surface area contributed by atoms with Crippen molar-refractivity contribution in [2.24, 2.45) is 5.73 Å². The van der Waals surface area contributed by atoms with Crippen LogP contribution in [0.3, 0.4) is 0 Å². The number of amides is 1. The van der Waals surface area contributed by atoms with Gasteiger partial charge in [-0.25, -0.2) is 0 Å². The van der Waals surface area contributed by atoms with Crippen molar-refractivity contribution >= 4 is 17.5 Å². The van der Waals surface area contributed by atoms with Crippen LogP contribution in [-0.4, -0.2) is 16.8 Å². The van der Waals surface area contributed by atoms with E-state index < -0.39 is 6.04 Å². The monoisotopic (exact) mass is 400 g/mol. The predicted octanol–water partition coefficient (Wildman–Crippen LogP) is 4.40. The maximum Gasteiger partial charge on any atom is 0.240 e. The lowest BCUT2D eigenvalue weighted by atomic mass is 9.95. The van der Waals surface area contributed by atoms with Crippen LogP contribution in [0.2, 0.25) is 5.02 Å². The van der Waals surface area contributed by atoms with Gasteiger partial charge in [0.2, 0.25) is 5.91 Å². The van der Waals surface area contributed by atoms with Crippen molar-refractivity contribution in [3.05, 3.63) is 94.0 Å². The molecule has 1 amide bonds. The quantitative estimate of drug-likeness (QED) is 0.518. The fourth-order valence-corrected chi connectivity index (χ4v) is 3.82. The zero-order valence-corrected chi connectivity index (χ0v) is 16.7. The molecule has 4 heteroatoms. The molecule has 144 valence electrons. The smallest absolute Gasteiger partial charge is 0.240 e. The Morgan fingerprint density at radius 3 is 2.07 bits per heavy atom. The first-order valence-corrected chi connectivity index (χ1v) is 9.90. The Bertz CT molecular complexity index is 1050. The van der Waals surface area contributed by atoms with E-state index in [1.54, 1.807) is 11.0 Å². The van der Waals surface area contributed by atoms with Gasteiger partial charge in [0, 0.05) is 18.7 Å². The third-order valence-electron chi connectivity index (χ3n) is 5.36. The van der Waals surface area contributed by atoms with E-state index in [4.69, 9.17) is 23.8 Å². The highest BCUT2D eigenvalue weighted by atomic mass is 35.5. The molecule has 1 aliphatic heterocycles. The maximum absolute atomic E-state index is 12.6. The first-order chi connectivity index (χ1) is 14.1. The van der Waals surface area contributed by atoms with E-state index in [0.29, 0.717) is 30.1 Å². The summed E-state index contributed by atoms with van der Waals surface area (Å²) in [6.45, 7) is 1.22. The van der Waals surface area contributed by atoms with Crippen LogP contribution in [0.5, 0.6) is 0 Å². The number of carbonyl (C=O) groups is 1. The summed E-state index contributed by atoms with van der Waals surface area (Å²) in [4.78, 5) is 14.4. The summed E-state index contributed by atoms with van der Waals surface area (Å²) in [6, 6.07) is 21.4. The van der Waals surface area contributed by atoms with Crippen LogP contribution in [0, 0.1) is 12.3 Å². The van der Waals surface area contributed by atoms with Gasteiger partial charge in [0.1, 0.15) is 0 Å². The SMILES string of the molecule is C#Cc1cccc(CC(N)C(=O)N2Cc3ccccc3C2)c1Cl.c1cc2ccc1-2. The largest absolute Gasteiger partial charge is 0.333 e. The zero-order valence-electron chi connectivity index (χ0n) is 15.9. The molecule has 2 aromatic carbocycles. The molecule has 1 heterocycles. The van der Waals surface area contributed by atoms with Gasteiger partial charge in [0.05, 0.1) is 11.1 Å². The van der Waals surface area contributed by atoms with Gasteiger partial charge in [-0.05, 0) is 40.3 Å². The van der Waals surface area contributed by atoms with E-state index in [1.807, 2.05) is 36.4 Å². The normalized spacial score (nSPS) is 13.6. The number of rotatable bonds is 3. The van der Waals surface area contributed by atoms with E-state index in [-0.39, 0.29) is 5.91 Å². The van der Waals surface area contributed by atoms with E-state index >= 15 is 0 Å². The average Bonchev–Trinajstić information content (AvgIpc) is 3.16.